The topological polar surface area (TPSA) is 86.8 Å². The van der Waals surface area contributed by atoms with Crippen molar-refractivity contribution in [3.8, 4) is 0 Å². The van der Waals surface area contributed by atoms with Crippen molar-refractivity contribution in [3.63, 3.8) is 0 Å². The fourth-order valence-corrected chi connectivity index (χ4v) is 6.51. The first kappa shape index (κ1) is 32.3. The van der Waals surface area contributed by atoms with E-state index in [9.17, 15) is 22.4 Å². The third-order valence-corrected chi connectivity index (χ3v) is 9.34. The van der Waals surface area contributed by atoms with E-state index >= 15 is 0 Å². The summed E-state index contributed by atoms with van der Waals surface area (Å²) in [6, 6.07) is 23.6. The lowest BCUT2D eigenvalue weighted by atomic mass is 10.0. The maximum Gasteiger partial charge on any atom is 0.264 e. The largest absolute Gasteiger partial charge is 0.357 e. The van der Waals surface area contributed by atoms with Gasteiger partial charge in [-0.15, -0.1) is 0 Å². The molecule has 0 heterocycles. The summed E-state index contributed by atoms with van der Waals surface area (Å²) in [5, 5.41) is 2.93. The second-order valence-corrected chi connectivity index (χ2v) is 12.6. The van der Waals surface area contributed by atoms with Crippen LogP contribution in [0.25, 0.3) is 0 Å². The van der Waals surface area contributed by atoms with E-state index in [-0.39, 0.29) is 33.6 Å². The standard InChI is InChI=1S/C31H27Cl3FN3O4S/c1-36-31(40)29(16-21-8-4-2-5-9-21)37(19-22-12-13-23(32)17-26(22)33)30(39)20-38(24-14-15-28(35)27(34)18-24)43(41,42)25-10-6-3-7-11-25/h2-15,17-18,29H,16,19-20H2,1H3,(H,36,40)/t29-/m0/s1. The molecule has 0 saturated heterocycles. The molecule has 0 saturated carbocycles. The lowest BCUT2D eigenvalue weighted by Crippen LogP contribution is -2.53. The zero-order chi connectivity index (χ0) is 31.1. The summed E-state index contributed by atoms with van der Waals surface area (Å²) in [7, 11) is -2.90. The summed E-state index contributed by atoms with van der Waals surface area (Å²) >= 11 is 18.6. The molecule has 0 radical (unpaired) electrons. The summed E-state index contributed by atoms with van der Waals surface area (Å²) in [4.78, 5) is 28.7. The van der Waals surface area contributed by atoms with E-state index in [1.807, 2.05) is 30.3 Å². The number of hydrogen-bond donors (Lipinski definition) is 1. The number of hydrogen-bond acceptors (Lipinski definition) is 4. The number of halogens is 4. The van der Waals surface area contributed by atoms with E-state index in [0.717, 1.165) is 22.0 Å². The minimum Gasteiger partial charge on any atom is -0.357 e. The van der Waals surface area contributed by atoms with Crippen LogP contribution in [-0.2, 0) is 32.6 Å². The fourth-order valence-electron chi connectivity index (χ4n) is 4.44. The van der Waals surface area contributed by atoms with Crippen molar-refractivity contribution in [2.75, 3.05) is 17.9 Å². The van der Waals surface area contributed by atoms with E-state index in [2.05, 4.69) is 5.32 Å². The number of carbonyl (C=O) groups is 2. The molecule has 0 aromatic heterocycles. The average molecular weight is 663 g/mol. The predicted octanol–water partition coefficient (Wildman–Crippen LogP) is 6.37. The van der Waals surface area contributed by atoms with Gasteiger partial charge in [-0.05, 0) is 53.6 Å². The van der Waals surface area contributed by atoms with Gasteiger partial charge in [0.1, 0.15) is 18.4 Å². The number of anilines is 1. The van der Waals surface area contributed by atoms with E-state index in [4.69, 9.17) is 34.8 Å². The molecule has 0 aliphatic rings. The lowest BCUT2D eigenvalue weighted by Gasteiger charge is -2.33. The van der Waals surface area contributed by atoms with Gasteiger partial charge in [-0.2, -0.15) is 0 Å². The van der Waals surface area contributed by atoms with Crippen LogP contribution in [0.2, 0.25) is 15.1 Å². The van der Waals surface area contributed by atoms with Crippen molar-refractivity contribution < 1.29 is 22.4 Å². The lowest BCUT2D eigenvalue weighted by molar-refractivity contribution is -0.139. The van der Waals surface area contributed by atoms with Crippen LogP contribution in [0.4, 0.5) is 10.1 Å². The van der Waals surface area contributed by atoms with Gasteiger partial charge in [0.25, 0.3) is 10.0 Å². The van der Waals surface area contributed by atoms with Crippen molar-refractivity contribution in [1.82, 2.24) is 10.2 Å². The molecule has 0 aliphatic heterocycles. The Hall–Kier alpha value is -3.63. The normalized spacial score (nSPS) is 11.9. The Morgan fingerprint density at radius 2 is 1.51 bits per heavy atom. The second kappa shape index (κ2) is 14.2. The minimum absolute atomic E-state index is 0.0346. The molecule has 0 spiro atoms. The zero-order valence-electron chi connectivity index (χ0n) is 22.9. The molecule has 1 N–H and O–H groups in total. The number of likely N-dealkylation sites (N-methyl/N-ethyl adjacent to an activating group) is 1. The zero-order valence-corrected chi connectivity index (χ0v) is 26.0. The number of nitrogens with zero attached hydrogens (tertiary/aromatic N) is 2. The Kier molecular flexibility index (Phi) is 10.7. The quantitative estimate of drug-likeness (QED) is 0.202. The van der Waals surface area contributed by atoms with Crippen molar-refractivity contribution in [2.45, 2.75) is 23.9 Å². The number of amides is 2. The molecule has 0 bridgehead atoms. The molecular formula is C31H27Cl3FN3O4S. The smallest absolute Gasteiger partial charge is 0.264 e. The number of rotatable bonds is 11. The fraction of sp³-hybridized carbons (Fsp3) is 0.161. The first-order chi connectivity index (χ1) is 20.5. The van der Waals surface area contributed by atoms with Gasteiger partial charge in [0, 0.05) is 30.1 Å². The van der Waals surface area contributed by atoms with Crippen molar-refractivity contribution in [1.29, 1.82) is 0 Å². The van der Waals surface area contributed by atoms with Crippen LogP contribution in [0, 0.1) is 5.82 Å². The molecule has 0 aliphatic carbocycles. The Morgan fingerprint density at radius 1 is 0.860 bits per heavy atom. The summed E-state index contributed by atoms with van der Waals surface area (Å²) in [5.41, 5.74) is 1.23. The highest BCUT2D eigenvalue weighted by Gasteiger charge is 2.34. The summed E-state index contributed by atoms with van der Waals surface area (Å²) in [6.45, 7) is -0.865. The first-order valence-electron chi connectivity index (χ1n) is 13.0. The number of nitrogens with one attached hydrogen (secondary N) is 1. The molecule has 4 rings (SSSR count). The maximum atomic E-state index is 14.3. The molecule has 2 amide bonds. The second-order valence-electron chi connectivity index (χ2n) is 9.50. The van der Waals surface area contributed by atoms with Crippen molar-refractivity contribution in [2.24, 2.45) is 0 Å². The molecular weight excluding hydrogens is 636 g/mol. The van der Waals surface area contributed by atoms with E-state index in [1.165, 1.54) is 36.2 Å². The molecule has 4 aromatic carbocycles. The van der Waals surface area contributed by atoms with Crippen LogP contribution in [0.1, 0.15) is 11.1 Å². The number of sulfonamides is 1. The van der Waals surface area contributed by atoms with Gasteiger partial charge >= 0.3 is 0 Å². The highest BCUT2D eigenvalue weighted by atomic mass is 35.5. The number of benzene rings is 4. The first-order valence-corrected chi connectivity index (χ1v) is 15.6. The molecule has 4 aromatic rings. The van der Waals surface area contributed by atoms with Crippen LogP contribution >= 0.6 is 34.8 Å². The molecule has 7 nitrogen and oxygen atoms in total. The Balaban J connectivity index is 1.82. The Morgan fingerprint density at radius 3 is 2.12 bits per heavy atom. The third-order valence-electron chi connectivity index (χ3n) is 6.67. The van der Waals surface area contributed by atoms with Gasteiger partial charge in [-0.25, -0.2) is 12.8 Å². The van der Waals surface area contributed by atoms with Crippen molar-refractivity contribution >= 4 is 62.3 Å². The van der Waals surface area contributed by atoms with Gasteiger partial charge in [0.2, 0.25) is 11.8 Å². The summed E-state index contributed by atoms with van der Waals surface area (Å²) in [5.74, 6) is -1.93. The van der Waals surface area contributed by atoms with Gasteiger partial charge < -0.3 is 10.2 Å². The summed E-state index contributed by atoms with van der Waals surface area (Å²) < 4.78 is 42.7. The van der Waals surface area contributed by atoms with Crippen LogP contribution in [0.5, 0.6) is 0 Å². The van der Waals surface area contributed by atoms with E-state index < -0.39 is 40.2 Å². The van der Waals surface area contributed by atoms with Gasteiger partial charge in [-0.3, -0.25) is 13.9 Å². The van der Waals surface area contributed by atoms with Crippen LogP contribution in [0.3, 0.4) is 0 Å². The molecule has 0 fully saturated rings. The highest BCUT2D eigenvalue weighted by molar-refractivity contribution is 7.92. The Labute approximate surface area is 264 Å². The van der Waals surface area contributed by atoms with Crippen LogP contribution in [-0.4, -0.2) is 44.8 Å². The molecule has 43 heavy (non-hydrogen) atoms. The monoisotopic (exact) mass is 661 g/mol. The van der Waals surface area contributed by atoms with E-state index in [0.29, 0.717) is 10.6 Å². The highest BCUT2D eigenvalue weighted by Crippen LogP contribution is 2.29. The maximum absolute atomic E-state index is 14.3. The molecule has 0 unspecified atom stereocenters. The number of carbonyl (C=O) groups excluding carboxylic acids is 2. The Bertz CT molecular complexity index is 1710. The van der Waals surface area contributed by atoms with Gasteiger partial charge in [-0.1, -0.05) is 89.4 Å². The summed E-state index contributed by atoms with van der Waals surface area (Å²) in [6.07, 6.45) is 0.130. The van der Waals surface area contributed by atoms with Crippen LogP contribution < -0.4 is 9.62 Å². The minimum atomic E-state index is -4.35. The predicted molar refractivity (Wildman–Crippen MR) is 167 cm³/mol. The van der Waals surface area contributed by atoms with E-state index in [1.54, 1.807) is 30.3 Å². The molecule has 224 valence electrons. The van der Waals surface area contributed by atoms with Gasteiger partial charge in [0.05, 0.1) is 15.6 Å². The van der Waals surface area contributed by atoms with Crippen molar-refractivity contribution in [3.05, 3.63) is 129 Å². The average Bonchev–Trinajstić information content (AvgIpc) is 3.00. The van der Waals surface area contributed by atoms with Gasteiger partial charge in [0.15, 0.2) is 0 Å². The third kappa shape index (κ3) is 7.86. The molecule has 1 atom stereocenters. The molecule has 12 heteroatoms. The van der Waals surface area contributed by atoms with Crippen LogP contribution in [0.15, 0.2) is 102 Å². The SMILES string of the molecule is CNC(=O)[C@H](Cc1ccccc1)N(Cc1ccc(Cl)cc1Cl)C(=O)CN(c1ccc(F)c(Cl)c1)S(=O)(=O)c1ccccc1.